The van der Waals surface area contributed by atoms with Crippen molar-refractivity contribution < 1.29 is 4.74 Å². The van der Waals surface area contributed by atoms with Gasteiger partial charge in [-0.1, -0.05) is 12.1 Å². The van der Waals surface area contributed by atoms with E-state index < -0.39 is 0 Å². The lowest BCUT2D eigenvalue weighted by Crippen LogP contribution is -2.32. The molecule has 0 bridgehead atoms. The molecule has 0 aliphatic carbocycles. The molecular formula is C19H20N4O2. The summed E-state index contributed by atoms with van der Waals surface area (Å²) in [5, 5.41) is 0.522. The minimum Gasteiger partial charge on any atom is -0.497 e. The van der Waals surface area contributed by atoms with Crippen molar-refractivity contribution in [2.45, 2.75) is 19.3 Å². The number of piperidine rings is 1. The molecule has 0 amide bonds. The van der Waals surface area contributed by atoms with E-state index in [0.29, 0.717) is 17.0 Å². The van der Waals surface area contributed by atoms with Gasteiger partial charge in [-0.15, -0.1) is 0 Å². The second-order valence-electron chi connectivity index (χ2n) is 6.22. The number of pyridine rings is 1. The highest BCUT2D eigenvalue weighted by Crippen LogP contribution is 2.27. The van der Waals surface area contributed by atoms with E-state index in [1.165, 1.54) is 6.42 Å². The van der Waals surface area contributed by atoms with Crippen molar-refractivity contribution in [1.82, 2.24) is 15.0 Å². The highest BCUT2D eigenvalue weighted by atomic mass is 16.5. The average molecular weight is 336 g/mol. The van der Waals surface area contributed by atoms with Gasteiger partial charge in [-0.3, -0.25) is 9.78 Å². The fourth-order valence-corrected chi connectivity index (χ4v) is 3.32. The fraction of sp³-hybridized carbons (Fsp3) is 0.316. The third-order valence-electron chi connectivity index (χ3n) is 4.65. The summed E-state index contributed by atoms with van der Waals surface area (Å²) < 4.78 is 5.20. The van der Waals surface area contributed by atoms with Crippen LogP contribution < -0.4 is 15.2 Å². The van der Waals surface area contributed by atoms with Crippen LogP contribution >= 0.6 is 0 Å². The summed E-state index contributed by atoms with van der Waals surface area (Å²) in [6, 6.07) is 9.48. The van der Waals surface area contributed by atoms with Crippen LogP contribution in [0.15, 0.2) is 41.3 Å². The molecule has 1 aliphatic heterocycles. The molecule has 6 heteroatoms. The van der Waals surface area contributed by atoms with Gasteiger partial charge in [0, 0.05) is 19.3 Å². The number of nitrogens with one attached hydrogen (secondary N) is 1. The quantitative estimate of drug-likeness (QED) is 0.796. The number of aromatic nitrogens is 3. The smallest absolute Gasteiger partial charge is 0.262 e. The first kappa shape index (κ1) is 15.6. The van der Waals surface area contributed by atoms with Crippen LogP contribution in [0.3, 0.4) is 0 Å². The van der Waals surface area contributed by atoms with E-state index in [-0.39, 0.29) is 5.56 Å². The topological polar surface area (TPSA) is 71.1 Å². The summed E-state index contributed by atoms with van der Waals surface area (Å²) in [5.74, 6) is 1.40. The molecule has 3 heterocycles. The van der Waals surface area contributed by atoms with Crippen LogP contribution in [0.2, 0.25) is 0 Å². The van der Waals surface area contributed by atoms with Crippen LogP contribution in [0, 0.1) is 0 Å². The van der Waals surface area contributed by atoms with Crippen molar-refractivity contribution in [3.8, 4) is 16.9 Å². The molecule has 0 saturated carbocycles. The van der Waals surface area contributed by atoms with Gasteiger partial charge < -0.3 is 9.64 Å². The van der Waals surface area contributed by atoms with Crippen LogP contribution in [0.5, 0.6) is 5.75 Å². The largest absolute Gasteiger partial charge is 0.497 e. The van der Waals surface area contributed by atoms with Gasteiger partial charge in [0.25, 0.3) is 5.56 Å². The molecule has 25 heavy (non-hydrogen) atoms. The first-order chi connectivity index (χ1) is 12.3. The number of benzene rings is 1. The predicted molar refractivity (Wildman–Crippen MR) is 98.2 cm³/mol. The number of fused-ring (bicyclic) bond motifs is 1. The zero-order valence-electron chi connectivity index (χ0n) is 14.2. The molecular weight excluding hydrogens is 316 g/mol. The summed E-state index contributed by atoms with van der Waals surface area (Å²) in [6.07, 6.45) is 5.19. The van der Waals surface area contributed by atoms with E-state index in [2.05, 4.69) is 19.9 Å². The molecule has 1 saturated heterocycles. The third-order valence-corrected chi connectivity index (χ3v) is 4.65. The minimum atomic E-state index is -0.149. The molecule has 1 N–H and O–H groups in total. The summed E-state index contributed by atoms with van der Waals surface area (Å²) in [5.41, 5.74) is 2.10. The van der Waals surface area contributed by atoms with E-state index in [1.54, 1.807) is 13.3 Å². The molecule has 0 spiro atoms. The molecule has 1 aliphatic rings. The van der Waals surface area contributed by atoms with Gasteiger partial charge in [0.2, 0.25) is 5.95 Å². The van der Waals surface area contributed by atoms with Gasteiger partial charge in [-0.2, -0.15) is 4.98 Å². The van der Waals surface area contributed by atoms with Crippen molar-refractivity contribution >= 4 is 17.0 Å². The van der Waals surface area contributed by atoms with Crippen LogP contribution in [-0.4, -0.2) is 35.2 Å². The van der Waals surface area contributed by atoms with Gasteiger partial charge in [0.05, 0.1) is 12.5 Å². The van der Waals surface area contributed by atoms with E-state index in [4.69, 9.17) is 4.74 Å². The van der Waals surface area contributed by atoms with E-state index in [0.717, 1.165) is 42.8 Å². The van der Waals surface area contributed by atoms with Gasteiger partial charge >= 0.3 is 0 Å². The maximum atomic E-state index is 12.8. The number of hydrogen-bond donors (Lipinski definition) is 1. The number of aromatic amines is 1. The highest BCUT2D eigenvalue weighted by molar-refractivity contribution is 5.92. The first-order valence-corrected chi connectivity index (χ1v) is 8.54. The van der Waals surface area contributed by atoms with Crippen LogP contribution in [-0.2, 0) is 0 Å². The zero-order valence-corrected chi connectivity index (χ0v) is 14.2. The second kappa shape index (κ2) is 6.55. The Bertz CT molecular complexity index is 944. The molecule has 128 valence electrons. The van der Waals surface area contributed by atoms with Crippen molar-refractivity contribution in [3.63, 3.8) is 0 Å². The number of H-pyrrole nitrogens is 1. The minimum absolute atomic E-state index is 0.149. The molecule has 1 fully saturated rings. The highest BCUT2D eigenvalue weighted by Gasteiger charge is 2.16. The van der Waals surface area contributed by atoms with Gasteiger partial charge in [-0.05, 0) is 48.6 Å². The molecule has 3 aromatic rings. The standard InChI is InChI=1S/C19H20N4O2/c1-25-14-7-5-13(6-8-14)15-9-10-20-17-16(15)18(24)22-19(21-17)23-11-3-2-4-12-23/h5-10H,2-4,11-12H2,1H3,(H,20,21,22,24). The lowest BCUT2D eigenvalue weighted by molar-refractivity contribution is 0.415. The van der Waals surface area contributed by atoms with E-state index in [9.17, 15) is 4.79 Å². The normalized spacial score (nSPS) is 14.7. The average Bonchev–Trinajstić information content (AvgIpc) is 2.68. The Morgan fingerprint density at radius 3 is 2.56 bits per heavy atom. The third kappa shape index (κ3) is 2.95. The second-order valence-corrected chi connectivity index (χ2v) is 6.22. The Balaban J connectivity index is 1.82. The zero-order chi connectivity index (χ0) is 17.2. The van der Waals surface area contributed by atoms with Crippen molar-refractivity contribution in [2.75, 3.05) is 25.1 Å². The molecule has 0 unspecified atom stereocenters. The fourth-order valence-electron chi connectivity index (χ4n) is 3.32. The lowest BCUT2D eigenvalue weighted by Gasteiger charge is -2.27. The molecule has 6 nitrogen and oxygen atoms in total. The Morgan fingerprint density at radius 1 is 1.08 bits per heavy atom. The van der Waals surface area contributed by atoms with Gasteiger partial charge in [0.15, 0.2) is 5.65 Å². The Morgan fingerprint density at radius 2 is 1.84 bits per heavy atom. The van der Waals surface area contributed by atoms with Crippen LogP contribution in [0.25, 0.3) is 22.2 Å². The van der Waals surface area contributed by atoms with Gasteiger partial charge in [-0.25, -0.2) is 4.98 Å². The molecule has 0 atom stereocenters. The maximum Gasteiger partial charge on any atom is 0.262 e. The Hall–Kier alpha value is -2.89. The number of hydrogen-bond acceptors (Lipinski definition) is 5. The van der Waals surface area contributed by atoms with Crippen LogP contribution in [0.1, 0.15) is 19.3 Å². The summed E-state index contributed by atoms with van der Waals surface area (Å²) in [7, 11) is 1.63. The molecule has 2 aromatic heterocycles. The van der Waals surface area contributed by atoms with Gasteiger partial charge in [0.1, 0.15) is 5.75 Å². The Labute approximate surface area is 145 Å². The van der Waals surface area contributed by atoms with Crippen molar-refractivity contribution in [2.24, 2.45) is 0 Å². The van der Waals surface area contributed by atoms with Crippen molar-refractivity contribution in [3.05, 3.63) is 46.9 Å². The number of rotatable bonds is 3. The first-order valence-electron chi connectivity index (χ1n) is 8.54. The van der Waals surface area contributed by atoms with Crippen molar-refractivity contribution in [1.29, 1.82) is 0 Å². The molecule has 4 rings (SSSR count). The summed E-state index contributed by atoms with van der Waals surface area (Å²) in [4.78, 5) is 26.8. The van der Waals surface area contributed by atoms with E-state index in [1.807, 2.05) is 30.3 Å². The van der Waals surface area contributed by atoms with E-state index >= 15 is 0 Å². The SMILES string of the molecule is COc1ccc(-c2ccnc3nc(N4CCCCC4)[nH]c(=O)c23)cc1. The summed E-state index contributed by atoms with van der Waals surface area (Å²) in [6.45, 7) is 1.85. The summed E-state index contributed by atoms with van der Waals surface area (Å²) >= 11 is 0. The number of nitrogens with zero attached hydrogens (tertiary/aromatic N) is 3. The lowest BCUT2D eigenvalue weighted by atomic mass is 10.0. The number of anilines is 1. The Kier molecular flexibility index (Phi) is 4.09. The van der Waals surface area contributed by atoms with Crippen LogP contribution in [0.4, 0.5) is 5.95 Å². The number of ether oxygens (including phenoxy) is 1. The number of methoxy groups -OCH3 is 1. The predicted octanol–water partition coefficient (Wildman–Crippen LogP) is 2.98. The molecule has 0 radical (unpaired) electrons. The monoisotopic (exact) mass is 336 g/mol. The maximum absolute atomic E-state index is 12.8. The molecule has 1 aromatic carbocycles.